The van der Waals surface area contributed by atoms with E-state index >= 15 is 0 Å². The molecule has 1 rings (SSSR count). The van der Waals surface area contributed by atoms with Gasteiger partial charge in [-0.1, -0.05) is 13.8 Å². The Kier molecular flexibility index (Phi) is 2.01. The molecule has 0 unspecified atom stereocenters. The zero-order valence-corrected chi connectivity index (χ0v) is 7.85. The van der Waals surface area contributed by atoms with Gasteiger partial charge in [-0.3, -0.25) is 0 Å². The van der Waals surface area contributed by atoms with Gasteiger partial charge in [0.25, 0.3) is 0 Å². The van der Waals surface area contributed by atoms with Crippen molar-refractivity contribution in [2.45, 2.75) is 51.9 Å². The average molecular weight is 158 g/mol. The number of rotatable bonds is 1. The monoisotopic (exact) mass is 158 g/mol. The average Bonchev–Trinajstić information content (AvgIpc) is 2.08. The van der Waals surface area contributed by atoms with Crippen LogP contribution in [0.3, 0.4) is 0 Å². The van der Waals surface area contributed by atoms with Crippen molar-refractivity contribution < 1.29 is 9.84 Å². The number of hydrogen-bond acceptors (Lipinski definition) is 2. The zero-order chi connectivity index (χ0) is 8.70. The second kappa shape index (κ2) is 2.46. The maximum Gasteiger partial charge on any atom is 0.163 e. The fourth-order valence-electron chi connectivity index (χ4n) is 1.49. The van der Waals surface area contributed by atoms with Gasteiger partial charge in [0.1, 0.15) is 0 Å². The molecule has 0 aromatic rings. The van der Waals surface area contributed by atoms with E-state index in [2.05, 4.69) is 20.8 Å². The van der Waals surface area contributed by atoms with Crippen LogP contribution in [0.5, 0.6) is 0 Å². The van der Waals surface area contributed by atoms with Gasteiger partial charge < -0.3 is 9.84 Å². The van der Waals surface area contributed by atoms with E-state index < -0.39 is 5.79 Å². The van der Waals surface area contributed by atoms with E-state index in [0.717, 1.165) is 12.8 Å². The Labute approximate surface area is 68.6 Å². The summed E-state index contributed by atoms with van der Waals surface area (Å²) in [6, 6.07) is 0. The van der Waals surface area contributed by atoms with Gasteiger partial charge in [-0.2, -0.15) is 0 Å². The van der Waals surface area contributed by atoms with Crippen LogP contribution in [0.4, 0.5) is 0 Å². The van der Waals surface area contributed by atoms with Gasteiger partial charge in [-0.25, -0.2) is 0 Å². The summed E-state index contributed by atoms with van der Waals surface area (Å²) < 4.78 is 5.55. The Morgan fingerprint density at radius 2 is 1.82 bits per heavy atom. The first-order valence-electron chi connectivity index (χ1n) is 4.28. The fraction of sp³-hybridized carbons (Fsp3) is 1.00. The van der Waals surface area contributed by atoms with Gasteiger partial charge in [-0.05, 0) is 26.2 Å². The van der Waals surface area contributed by atoms with Gasteiger partial charge in [0.15, 0.2) is 5.79 Å². The molecule has 1 N–H and O–H groups in total. The number of hydrogen-bond donors (Lipinski definition) is 1. The van der Waals surface area contributed by atoms with Crippen LogP contribution < -0.4 is 0 Å². The Bertz CT molecular complexity index is 152. The van der Waals surface area contributed by atoms with Crippen molar-refractivity contribution in [1.82, 2.24) is 0 Å². The lowest BCUT2D eigenvalue weighted by Crippen LogP contribution is -2.35. The van der Waals surface area contributed by atoms with Crippen molar-refractivity contribution in [3.63, 3.8) is 0 Å². The highest BCUT2D eigenvalue weighted by molar-refractivity contribution is 4.88. The molecule has 2 heteroatoms. The second-order valence-electron chi connectivity index (χ2n) is 4.24. The molecule has 0 radical (unpaired) electrons. The molecule has 2 nitrogen and oxygen atoms in total. The maximum atomic E-state index is 9.56. The van der Waals surface area contributed by atoms with Crippen LogP contribution in [0.25, 0.3) is 0 Å². The van der Waals surface area contributed by atoms with Crippen molar-refractivity contribution in [2.75, 3.05) is 0 Å². The van der Waals surface area contributed by atoms with Gasteiger partial charge in [0.05, 0.1) is 5.60 Å². The van der Waals surface area contributed by atoms with Crippen molar-refractivity contribution in [2.24, 2.45) is 5.92 Å². The third-order valence-corrected chi connectivity index (χ3v) is 2.76. The van der Waals surface area contributed by atoms with Gasteiger partial charge >= 0.3 is 0 Å². The molecule has 0 aromatic carbocycles. The molecule has 0 spiro atoms. The number of ether oxygens (including phenoxy) is 1. The molecular weight excluding hydrogens is 140 g/mol. The lowest BCUT2D eigenvalue weighted by Gasteiger charge is -2.30. The van der Waals surface area contributed by atoms with Crippen LogP contribution >= 0.6 is 0 Å². The minimum absolute atomic E-state index is 0.122. The van der Waals surface area contributed by atoms with E-state index in [1.807, 2.05) is 0 Å². The summed E-state index contributed by atoms with van der Waals surface area (Å²) in [5.74, 6) is -0.421. The smallest absolute Gasteiger partial charge is 0.163 e. The van der Waals surface area contributed by atoms with E-state index in [0.29, 0.717) is 5.92 Å². The van der Waals surface area contributed by atoms with E-state index in [1.165, 1.54) is 0 Å². The van der Waals surface area contributed by atoms with Crippen LogP contribution in [0, 0.1) is 5.92 Å². The molecule has 1 fully saturated rings. The van der Waals surface area contributed by atoms with Crippen LogP contribution in [0.1, 0.15) is 40.5 Å². The molecule has 0 amide bonds. The first-order chi connectivity index (χ1) is 4.86. The molecule has 0 saturated carbocycles. The van der Waals surface area contributed by atoms with Crippen LogP contribution in [0.15, 0.2) is 0 Å². The van der Waals surface area contributed by atoms with E-state index in [1.54, 1.807) is 6.92 Å². The van der Waals surface area contributed by atoms with Gasteiger partial charge in [-0.15, -0.1) is 0 Å². The third kappa shape index (κ3) is 1.74. The molecule has 0 aliphatic carbocycles. The zero-order valence-electron chi connectivity index (χ0n) is 7.85. The molecule has 0 aromatic heterocycles. The quantitative estimate of drug-likeness (QED) is 0.631. The van der Waals surface area contributed by atoms with Gasteiger partial charge in [0, 0.05) is 6.42 Å². The molecule has 1 heterocycles. The molecule has 0 bridgehead atoms. The van der Waals surface area contributed by atoms with Crippen molar-refractivity contribution in [3.05, 3.63) is 0 Å². The maximum absolute atomic E-state index is 9.56. The lowest BCUT2D eigenvalue weighted by atomic mass is 9.89. The minimum Gasteiger partial charge on any atom is -0.366 e. The predicted molar refractivity (Wildman–Crippen MR) is 44.2 cm³/mol. The largest absolute Gasteiger partial charge is 0.366 e. The summed E-state index contributed by atoms with van der Waals surface area (Å²) in [5.41, 5.74) is -0.122. The molecule has 1 aliphatic rings. The summed E-state index contributed by atoms with van der Waals surface area (Å²) in [6.07, 6.45) is 1.71. The first kappa shape index (κ1) is 9.01. The Morgan fingerprint density at radius 1 is 1.27 bits per heavy atom. The third-order valence-electron chi connectivity index (χ3n) is 2.76. The SMILES string of the molecule is CC(C)[C@@]1(C)CC[C@](C)(O)O1. The Morgan fingerprint density at radius 3 is 2.00 bits per heavy atom. The van der Waals surface area contributed by atoms with E-state index in [9.17, 15) is 5.11 Å². The highest BCUT2D eigenvalue weighted by Gasteiger charge is 2.44. The molecule has 2 atom stereocenters. The minimum atomic E-state index is -0.890. The second-order valence-corrected chi connectivity index (χ2v) is 4.24. The topological polar surface area (TPSA) is 29.5 Å². The van der Waals surface area contributed by atoms with Crippen molar-refractivity contribution in [1.29, 1.82) is 0 Å². The predicted octanol–water partition coefficient (Wildman–Crippen LogP) is 1.92. The summed E-state index contributed by atoms with van der Waals surface area (Å²) >= 11 is 0. The normalized spacial score (nSPS) is 45.3. The number of aliphatic hydroxyl groups is 1. The summed E-state index contributed by atoms with van der Waals surface area (Å²) in [4.78, 5) is 0. The summed E-state index contributed by atoms with van der Waals surface area (Å²) in [6.45, 7) is 8.06. The van der Waals surface area contributed by atoms with Crippen molar-refractivity contribution in [3.8, 4) is 0 Å². The van der Waals surface area contributed by atoms with Crippen LogP contribution in [0.2, 0.25) is 0 Å². The molecule has 66 valence electrons. The standard InChI is InChI=1S/C9H18O2/c1-7(2)8(3)5-6-9(4,10)11-8/h7,10H,5-6H2,1-4H3/t8-,9-/m1/s1. The highest BCUT2D eigenvalue weighted by atomic mass is 16.6. The Balaban J connectivity index is 2.65. The van der Waals surface area contributed by atoms with Crippen LogP contribution in [-0.2, 0) is 4.74 Å². The van der Waals surface area contributed by atoms with Crippen LogP contribution in [-0.4, -0.2) is 16.5 Å². The summed E-state index contributed by atoms with van der Waals surface area (Å²) in [7, 11) is 0. The van der Waals surface area contributed by atoms with E-state index in [-0.39, 0.29) is 5.60 Å². The molecule has 1 saturated heterocycles. The molecular formula is C9H18O2. The Hall–Kier alpha value is -0.0800. The highest BCUT2D eigenvalue weighted by Crippen LogP contribution is 2.40. The van der Waals surface area contributed by atoms with E-state index in [4.69, 9.17) is 4.74 Å². The molecule has 1 aliphatic heterocycles. The summed E-state index contributed by atoms with van der Waals surface area (Å²) in [5, 5.41) is 9.56. The first-order valence-corrected chi connectivity index (χ1v) is 4.28. The lowest BCUT2D eigenvalue weighted by molar-refractivity contribution is -0.217. The van der Waals surface area contributed by atoms with Gasteiger partial charge in [0.2, 0.25) is 0 Å². The van der Waals surface area contributed by atoms with Crippen molar-refractivity contribution >= 4 is 0 Å². The fourth-order valence-corrected chi connectivity index (χ4v) is 1.49. The molecule has 11 heavy (non-hydrogen) atoms.